The lowest BCUT2D eigenvalue weighted by molar-refractivity contribution is -0.131. The van der Waals surface area contributed by atoms with Gasteiger partial charge in [-0.15, -0.1) is 0 Å². The predicted molar refractivity (Wildman–Crippen MR) is 92.2 cm³/mol. The topological polar surface area (TPSA) is 130 Å². The van der Waals surface area contributed by atoms with Gasteiger partial charge in [0.1, 0.15) is 5.75 Å². The molecule has 10 heteroatoms. The number of nitrogens with one attached hydrogen (secondary N) is 2. The number of anilines is 1. The first kappa shape index (κ1) is 17.9. The normalized spacial score (nSPS) is 17.1. The van der Waals surface area contributed by atoms with Gasteiger partial charge in [-0.05, 0) is 24.3 Å². The number of furan rings is 1. The fourth-order valence-corrected chi connectivity index (χ4v) is 2.35. The van der Waals surface area contributed by atoms with Crippen molar-refractivity contribution in [2.24, 2.45) is 11.0 Å². The van der Waals surface area contributed by atoms with Gasteiger partial charge in [-0.2, -0.15) is 5.10 Å². The Hall–Kier alpha value is -3.95. The standard InChI is InChI=1S/C17H14N4O6/c1-26-11-5-2-4-10(8-11)21-16(24)12(14(22)19-17(21)25)9-18-20-15(23)13-6-3-7-27-13/h2-9,12H,1H3,(H,20,23)(H,19,22,25)/b18-9-/t12-/m1/s1. The molecule has 2 aromatic rings. The molecule has 3 rings (SSSR count). The number of ether oxygens (including phenoxy) is 1. The molecule has 1 aliphatic heterocycles. The second-order valence-corrected chi connectivity index (χ2v) is 5.34. The number of carbonyl (C=O) groups excluding carboxylic acids is 4. The van der Waals surface area contributed by atoms with Crippen LogP contribution < -0.4 is 20.4 Å². The zero-order valence-corrected chi connectivity index (χ0v) is 14.0. The molecule has 0 unspecified atom stereocenters. The summed E-state index contributed by atoms with van der Waals surface area (Å²) in [5.41, 5.74) is 2.36. The van der Waals surface area contributed by atoms with Gasteiger partial charge in [-0.25, -0.2) is 15.1 Å². The highest BCUT2D eigenvalue weighted by molar-refractivity contribution is 6.32. The minimum atomic E-state index is -1.40. The van der Waals surface area contributed by atoms with Crippen LogP contribution >= 0.6 is 0 Å². The molecule has 138 valence electrons. The predicted octanol–water partition coefficient (Wildman–Crippen LogP) is 0.903. The van der Waals surface area contributed by atoms with E-state index in [-0.39, 0.29) is 11.4 Å². The van der Waals surface area contributed by atoms with E-state index >= 15 is 0 Å². The van der Waals surface area contributed by atoms with Gasteiger partial charge in [0.25, 0.3) is 5.91 Å². The Morgan fingerprint density at radius 2 is 2.11 bits per heavy atom. The summed E-state index contributed by atoms with van der Waals surface area (Å²) in [4.78, 5) is 49.3. The molecule has 0 bridgehead atoms. The van der Waals surface area contributed by atoms with E-state index in [1.807, 2.05) is 0 Å². The SMILES string of the molecule is COc1cccc(N2C(=O)NC(=O)[C@@H](/C=N\NC(=O)c3ccco3)C2=O)c1. The van der Waals surface area contributed by atoms with Gasteiger partial charge in [0.05, 0.1) is 19.1 Å². The molecule has 2 N–H and O–H groups in total. The summed E-state index contributed by atoms with van der Waals surface area (Å²) in [6.45, 7) is 0. The molecule has 1 saturated heterocycles. The van der Waals surface area contributed by atoms with Crippen molar-refractivity contribution in [3.8, 4) is 5.75 Å². The van der Waals surface area contributed by atoms with Crippen LogP contribution in [-0.4, -0.2) is 37.1 Å². The number of rotatable bonds is 5. The summed E-state index contributed by atoms with van der Waals surface area (Å²) in [5, 5.41) is 5.69. The molecule has 10 nitrogen and oxygen atoms in total. The average molecular weight is 370 g/mol. The van der Waals surface area contributed by atoms with E-state index < -0.39 is 29.7 Å². The largest absolute Gasteiger partial charge is 0.497 e. The second kappa shape index (κ2) is 7.52. The van der Waals surface area contributed by atoms with Crippen LogP contribution in [0.25, 0.3) is 0 Å². The van der Waals surface area contributed by atoms with Crippen LogP contribution in [0.5, 0.6) is 5.75 Å². The first-order valence-electron chi connectivity index (χ1n) is 7.71. The molecule has 0 radical (unpaired) electrons. The van der Waals surface area contributed by atoms with E-state index in [9.17, 15) is 19.2 Å². The van der Waals surface area contributed by atoms with Gasteiger partial charge in [0, 0.05) is 12.3 Å². The molecule has 1 aliphatic rings. The molecule has 0 saturated carbocycles. The third-order valence-corrected chi connectivity index (χ3v) is 3.65. The Labute approximate surface area is 152 Å². The van der Waals surface area contributed by atoms with Gasteiger partial charge in [0.15, 0.2) is 11.7 Å². The number of amides is 5. The van der Waals surface area contributed by atoms with Gasteiger partial charge in [-0.3, -0.25) is 19.7 Å². The fourth-order valence-electron chi connectivity index (χ4n) is 2.35. The number of barbiturate groups is 1. The Bertz CT molecular complexity index is 921. The van der Waals surface area contributed by atoms with Crippen molar-refractivity contribution in [2.75, 3.05) is 12.0 Å². The van der Waals surface area contributed by atoms with Gasteiger partial charge >= 0.3 is 11.9 Å². The third kappa shape index (κ3) is 3.68. The van der Waals surface area contributed by atoms with Crippen molar-refractivity contribution in [3.63, 3.8) is 0 Å². The van der Waals surface area contributed by atoms with E-state index in [1.54, 1.807) is 12.1 Å². The molecule has 0 spiro atoms. The monoisotopic (exact) mass is 370 g/mol. The summed E-state index contributed by atoms with van der Waals surface area (Å²) in [6.07, 6.45) is 2.26. The van der Waals surface area contributed by atoms with Gasteiger partial charge in [0.2, 0.25) is 5.91 Å². The number of urea groups is 1. The quantitative estimate of drug-likeness (QED) is 0.457. The van der Waals surface area contributed by atoms with Crippen molar-refractivity contribution in [1.82, 2.24) is 10.7 Å². The Kier molecular flexibility index (Phi) is 4.97. The minimum Gasteiger partial charge on any atom is -0.497 e. The van der Waals surface area contributed by atoms with Gasteiger partial charge in [-0.1, -0.05) is 6.07 Å². The highest BCUT2D eigenvalue weighted by atomic mass is 16.5. The molecular formula is C17H14N4O6. The number of hydrogen-bond acceptors (Lipinski definition) is 7. The molecule has 1 fully saturated rings. The lowest BCUT2D eigenvalue weighted by Crippen LogP contribution is -2.58. The maximum absolute atomic E-state index is 12.6. The van der Waals surface area contributed by atoms with Crippen LogP contribution in [0.15, 0.2) is 52.2 Å². The minimum absolute atomic E-state index is 0.0137. The highest BCUT2D eigenvalue weighted by Gasteiger charge is 2.40. The molecule has 27 heavy (non-hydrogen) atoms. The Balaban J connectivity index is 1.78. The molecule has 2 heterocycles. The molecular weight excluding hydrogens is 356 g/mol. The number of hydrogen-bond donors (Lipinski definition) is 2. The zero-order valence-electron chi connectivity index (χ0n) is 14.0. The fraction of sp³-hybridized carbons (Fsp3) is 0.118. The number of methoxy groups -OCH3 is 1. The zero-order chi connectivity index (χ0) is 19.4. The van der Waals surface area contributed by atoms with Crippen LogP contribution in [0.4, 0.5) is 10.5 Å². The summed E-state index contributed by atoms with van der Waals surface area (Å²) >= 11 is 0. The first-order chi connectivity index (χ1) is 13.0. The number of carbonyl (C=O) groups is 4. The smallest absolute Gasteiger partial charge is 0.335 e. The number of nitrogens with zero attached hydrogens (tertiary/aromatic N) is 2. The van der Waals surface area contributed by atoms with E-state index in [1.165, 1.54) is 37.6 Å². The van der Waals surface area contributed by atoms with E-state index in [2.05, 4.69) is 15.8 Å². The van der Waals surface area contributed by atoms with Crippen LogP contribution in [0.1, 0.15) is 10.6 Å². The third-order valence-electron chi connectivity index (χ3n) is 3.65. The summed E-state index contributed by atoms with van der Waals surface area (Å²) < 4.78 is 9.97. The molecule has 1 aromatic carbocycles. The molecule has 1 atom stereocenters. The van der Waals surface area contributed by atoms with Crippen molar-refractivity contribution >= 4 is 35.7 Å². The summed E-state index contributed by atoms with van der Waals surface area (Å²) in [5.74, 6) is -3.26. The van der Waals surface area contributed by atoms with Crippen molar-refractivity contribution in [1.29, 1.82) is 0 Å². The van der Waals surface area contributed by atoms with Crippen molar-refractivity contribution in [3.05, 3.63) is 48.4 Å². The van der Waals surface area contributed by atoms with Crippen molar-refractivity contribution < 1.29 is 28.3 Å². The molecule has 5 amide bonds. The summed E-state index contributed by atoms with van der Waals surface area (Å²) in [6, 6.07) is 8.29. The van der Waals surface area contributed by atoms with Crippen LogP contribution in [-0.2, 0) is 9.59 Å². The Morgan fingerprint density at radius 3 is 2.81 bits per heavy atom. The maximum Gasteiger partial charge on any atom is 0.335 e. The van der Waals surface area contributed by atoms with Crippen molar-refractivity contribution in [2.45, 2.75) is 0 Å². The van der Waals surface area contributed by atoms with Crippen LogP contribution in [0, 0.1) is 5.92 Å². The van der Waals surface area contributed by atoms with E-state index in [4.69, 9.17) is 9.15 Å². The van der Waals surface area contributed by atoms with Gasteiger partial charge < -0.3 is 9.15 Å². The van der Waals surface area contributed by atoms with E-state index in [0.29, 0.717) is 5.75 Å². The summed E-state index contributed by atoms with van der Waals surface area (Å²) in [7, 11) is 1.44. The number of imide groups is 2. The number of hydrazone groups is 1. The second-order valence-electron chi connectivity index (χ2n) is 5.34. The lowest BCUT2D eigenvalue weighted by atomic mass is 10.1. The average Bonchev–Trinajstić information content (AvgIpc) is 3.19. The highest BCUT2D eigenvalue weighted by Crippen LogP contribution is 2.24. The van der Waals surface area contributed by atoms with Crippen LogP contribution in [0.3, 0.4) is 0 Å². The molecule has 0 aliphatic carbocycles. The molecule has 1 aromatic heterocycles. The Morgan fingerprint density at radius 1 is 1.30 bits per heavy atom. The first-order valence-corrected chi connectivity index (χ1v) is 7.71. The van der Waals surface area contributed by atoms with E-state index in [0.717, 1.165) is 11.1 Å². The number of benzene rings is 1. The van der Waals surface area contributed by atoms with Crippen LogP contribution in [0.2, 0.25) is 0 Å². The lowest BCUT2D eigenvalue weighted by Gasteiger charge is -2.28. The maximum atomic E-state index is 12.6.